The van der Waals surface area contributed by atoms with Crippen LogP contribution in [0.2, 0.25) is 0 Å². The molecule has 0 aliphatic carbocycles. The van der Waals surface area contributed by atoms with Gasteiger partial charge in [0.1, 0.15) is 0 Å². The van der Waals surface area contributed by atoms with Crippen molar-refractivity contribution < 1.29 is 4.79 Å². The summed E-state index contributed by atoms with van der Waals surface area (Å²) in [5, 5.41) is 10.0. The minimum Gasteiger partial charge on any atom is -0.356 e. The van der Waals surface area contributed by atoms with Gasteiger partial charge < -0.3 is 5.32 Å². The first-order chi connectivity index (χ1) is 9.60. The lowest BCUT2D eigenvalue weighted by Crippen LogP contribution is -2.26. The Kier molecular flexibility index (Phi) is 4.89. The molecule has 0 aromatic carbocycles. The second-order valence-electron chi connectivity index (χ2n) is 4.84. The molecule has 108 valence electrons. The Labute approximate surface area is 123 Å². The SMILES string of the molecule is CCCCNC(=O)Cc1csc(-n2nc(C)cc2C)n1. The Morgan fingerprint density at radius 3 is 2.90 bits per heavy atom. The third kappa shape index (κ3) is 3.66. The highest BCUT2D eigenvalue weighted by atomic mass is 32.1. The molecule has 2 rings (SSSR count). The molecule has 0 atom stereocenters. The summed E-state index contributed by atoms with van der Waals surface area (Å²) in [4.78, 5) is 16.2. The molecular formula is C14H20N4OS. The van der Waals surface area contributed by atoms with Crippen molar-refractivity contribution in [2.24, 2.45) is 0 Å². The summed E-state index contributed by atoms with van der Waals surface area (Å²) in [6.07, 6.45) is 2.43. The number of aryl methyl sites for hydroxylation is 2. The summed E-state index contributed by atoms with van der Waals surface area (Å²) < 4.78 is 1.82. The van der Waals surface area contributed by atoms with Gasteiger partial charge >= 0.3 is 0 Å². The highest BCUT2D eigenvalue weighted by Gasteiger charge is 2.11. The van der Waals surface area contributed by atoms with Crippen molar-refractivity contribution in [3.05, 3.63) is 28.5 Å². The molecule has 0 aliphatic rings. The fraction of sp³-hybridized carbons (Fsp3) is 0.500. The Morgan fingerprint density at radius 1 is 1.45 bits per heavy atom. The Bertz CT molecular complexity index is 588. The number of hydrogen-bond acceptors (Lipinski definition) is 4. The van der Waals surface area contributed by atoms with Crippen LogP contribution in [0.3, 0.4) is 0 Å². The predicted molar refractivity (Wildman–Crippen MR) is 80.3 cm³/mol. The van der Waals surface area contributed by atoms with Gasteiger partial charge in [0.25, 0.3) is 0 Å². The van der Waals surface area contributed by atoms with E-state index in [9.17, 15) is 4.79 Å². The van der Waals surface area contributed by atoms with E-state index in [1.165, 1.54) is 11.3 Å². The van der Waals surface area contributed by atoms with Crippen LogP contribution in [0.25, 0.3) is 5.13 Å². The van der Waals surface area contributed by atoms with Gasteiger partial charge in [0, 0.05) is 17.6 Å². The molecule has 2 aromatic rings. The standard InChI is InChI=1S/C14H20N4OS/c1-4-5-6-15-13(19)8-12-9-20-14(16-12)18-11(3)7-10(2)17-18/h7,9H,4-6,8H2,1-3H3,(H,15,19). The molecule has 0 aliphatic heterocycles. The number of hydrogen-bond donors (Lipinski definition) is 1. The molecule has 0 fully saturated rings. The van der Waals surface area contributed by atoms with Crippen LogP contribution in [0, 0.1) is 13.8 Å². The van der Waals surface area contributed by atoms with Crippen molar-refractivity contribution in [3.63, 3.8) is 0 Å². The largest absolute Gasteiger partial charge is 0.356 e. The van der Waals surface area contributed by atoms with E-state index in [2.05, 4.69) is 22.3 Å². The molecular weight excluding hydrogens is 272 g/mol. The van der Waals surface area contributed by atoms with E-state index in [0.717, 1.165) is 41.6 Å². The van der Waals surface area contributed by atoms with Crippen molar-refractivity contribution in [1.29, 1.82) is 0 Å². The van der Waals surface area contributed by atoms with E-state index in [-0.39, 0.29) is 5.91 Å². The average Bonchev–Trinajstić information content (AvgIpc) is 2.96. The molecule has 0 saturated heterocycles. The third-order valence-corrected chi connectivity index (χ3v) is 3.79. The molecule has 6 heteroatoms. The summed E-state index contributed by atoms with van der Waals surface area (Å²) in [5.41, 5.74) is 2.82. The normalized spacial score (nSPS) is 10.8. The zero-order chi connectivity index (χ0) is 14.5. The van der Waals surface area contributed by atoms with Crippen molar-refractivity contribution in [1.82, 2.24) is 20.1 Å². The summed E-state index contributed by atoms with van der Waals surface area (Å²) in [6, 6.07) is 2.01. The van der Waals surface area contributed by atoms with Gasteiger partial charge in [0.2, 0.25) is 11.0 Å². The Balaban J connectivity index is 1.99. The van der Waals surface area contributed by atoms with E-state index in [0.29, 0.717) is 6.42 Å². The maximum absolute atomic E-state index is 11.7. The van der Waals surface area contributed by atoms with E-state index in [4.69, 9.17) is 0 Å². The van der Waals surface area contributed by atoms with E-state index >= 15 is 0 Å². The van der Waals surface area contributed by atoms with Crippen LogP contribution < -0.4 is 5.32 Å². The maximum atomic E-state index is 11.7. The van der Waals surface area contributed by atoms with Gasteiger partial charge in [-0.05, 0) is 26.3 Å². The molecule has 2 aromatic heterocycles. The van der Waals surface area contributed by atoms with Crippen molar-refractivity contribution in [2.75, 3.05) is 6.54 Å². The van der Waals surface area contributed by atoms with Gasteiger partial charge in [-0.25, -0.2) is 9.67 Å². The maximum Gasteiger partial charge on any atom is 0.226 e. The van der Waals surface area contributed by atoms with Crippen LogP contribution >= 0.6 is 11.3 Å². The van der Waals surface area contributed by atoms with Crippen LogP contribution in [0.5, 0.6) is 0 Å². The van der Waals surface area contributed by atoms with E-state index < -0.39 is 0 Å². The fourth-order valence-corrected chi connectivity index (χ4v) is 2.76. The van der Waals surface area contributed by atoms with E-state index in [1.54, 1.807) is 0 Å². The smallest absolute Gasteiger partial charge is 0.226 e. The molecule has 0 saturated carbocycles. The van der Waals surface area contributed by atoms with Gasteiger partial charge in [-0.15, -0.1) is 11.3 Å². The van der Waals surface area contributed by atoms with Crippen LogP contribution in [-0.4, -0.2) is 27.2 Å². The van der Waals surface area contributed by atoms with Gasteiger partial charge in [0.15, 0.2) is 0 Å². The van der Waals surface area contributed by atoms with Gasteiger partial charge in [-0.1, -0.05) is 13.3 Å². The van der Waals surface area contributed by atoms with Crippen molar-refractivity contribution in [3.8, 4) is 5.13 Å². The molecule has 0 unspecified atom stereocenters. The lowest BCUT2D eigenvalue weighted by Gasteiger charge is -2.02. The molecule has 1 N–H and O–H groups in total. The van der Waals surface area contributed by atoms with Gasteiger partial charge in [0.05, 0.1) is 17.8 Å². The summed E-state index contributed by atoms with van der Waals surface area (Å²) in [5.74, 6) is 0.0312. The molecule has 0 radical (unpaired) electrons. The second kappa shape index (κ2) is 6.65. The number of amides is 1. The minimum absolute atomic E-state index is 0.0312. The molecule has 0 bridgehead atoms. The predicted octanol–water partition coefficient (Wildman–Crippen LogP) is 2.40. The number of nitrogens with zero attached hydrogens (tertiary/aromatic N) is 3. The first kappa shape index (κ1) is 14.7. The van der Waals surface area contributed by atoms with Crippen LogP contribution in [0.4, 0.5) is 0 Å². The van der Waals surface area contributed by atoms with Crippen molar-refractivity contribution in [2.45, 2.75) is 40.0 Å². The summed E-state index contributed by atoms with van der Waals surface area (Å²) >= 11 is 1.51. The lowest BCUT2D eigenvalue weighted by molar-refractivity contribution is -0.120. The number of carbonyl (C=O) groups excluding carboxylic acids is 1. The van der Waals surface area contributed by atoms with Crippen LogP contribution in [0.15, 0.2) is 11.4 Å². The third-order valence-electron chi connectivity index (χ3n) is 2.92. The topological polar surface area (TPSA) is 59.8 Å². The van der Waals surface area contributed by atoms with Crippen LogP contribution in [0.1, 0.15) is 36.8 Å². The van der Waals surface area contributed by atoms with Gasteiger partial charge in [-0.3, -0.25) is 4.79 Å². The van der Waals surface area contributed by atoms with Crippen molar-refractivity contribution >= 4 is 17.2 Å². The quantitative estimate of drug-likeness (QED) is 0.832. The van der Waals surface area contributed by atoms with Gasteiger partial charge in [-0.2, -0.15) is 5.10 Å². The number of rotatable bonds is 6. The number of nitrogens with one attached hydrogen (secondary N) is 1. The monoisotopic (exact) mass is 292 g/mol. The first-order valence-electron chi connectivity index (χ1n) is 6.85. The Hall–Kier alpha value is -1.69. The number of aromatic nitrogens is 3. The second-order valence-corrected chi connectivity index (χ2v) is 5.68. The zero-order valence-corrected chi connectivity index (χ0v) is 13.0. The van der Waals surface area contributed by atoms with Crippen LogP contribution in [-0.2, 0) is 11.2 Å². The summed E-state index contributed by atoms with van der Waals surface area (Å²) in [6.45, 7) is 6.80. The molecule has 0 spiro atoms. The molecule has 1 amide bonds. The average molecular weight is 292 g/mol. The van der Waals surface area contributed by atoms with E-state index in [1.807, 2.05) is 30.0 Å². The lowest BCUT2D eigenvalue weighted by atomic mass is 10.3. The zero-order valence-electron chi connectivity index (χ0n) is 12.1. The highest BCUT2D eigenvalue weighted by Crippen LogP contribution is 2.17. The first-order valence-corrected chi connectivity index (χ1v) is 7.73. The number of unbranched alkanes of at least 4 members (excludes halogenated alkanes) is 1. The fourth-order valence-electron chi connectivity index (χ4n) is 1.93. The molecule has 2 heterocycles. The minimum atomic E-state index is 0.0312. The molecule has 5 nitrogen and oxygen atoms in total. The number of carbonyl (C=O) groups is 1. The highest BCUT2D eigenvalue weighted by molar-refractivity contribution is 7.12. The summed E-state index contributed by atoms with van der Waals surface area (Å²) in [7, 11) is 0. The number of thiazole rings is 1. The molecule has 20 heavy (non-hydrogen) atoms. The Morgan fingerprint density at radius 2 is 2.25 bits per heavy atom.